The van der Waals surface area contributed by atoms with Crippen molar-refractivity contribution in [2.45, 2.75) is 25.4 Å². The molecule has 116 valence electrons. The quantitative estimate of drug-likeness (QED) is 0.747. The molecule has 1 fully saturated rings. The van der Waals surface area contributed by atoms with Crippen LogP contribution in [0.3, 0.4) is 0 Å². The third kappa shape index (κ3) is 5.24. The summed E-state index contributed by atoms with van der Waals surface area (Å²) in [6, 6.07) is 6.90. The number of ether oxygens (including phenoxy) is 2. The average Bonchev–Trinajstić information content (AvgIpc) is 2.53. The molecule has 6 nitrogen and oxygen atoms in total. The van der Waals surface area contributed by atoms with Gasteiger partial charge in [0, 0.05) is 13.2 Å². The smallest absolute Gasteiger partial charge is 0.319 e. The van der Waals surface area contributed by atoms with Crippen LogP contribution in [0.5, 0.6) is 5.75 Å². The number of aliphatic hydroxyl groups excluding tert-OH is 1. The van der Waals surface area contributed by atoms with Crippen LogP contribution >= 0.6 is 0 Å². The minimum atomic E-state index is -0.367. The lowest BCUT2D eigenvalue weighted by molar-refractivity contribution is -0.0109. The van der Waals surface area contributed by atoms with Gasteiger partial charge in [0.15, 0.2) is 0 Å². The number of amides is 2. The molecule has 0 aromatic heterocycles. The lowest BCUT2D eigenvalue weighted by atomic mass is 10.1. The van der Waals surface area contributed by atoms with E-state index in [1.54, 1.807) is 6.07 Å². The number of carbonyl (C=O) groups excluding carboxylic acids is 1. The fraction of sp³-hybridized carbons (Fsp3) is 0.533. The van der Waals surface area contributed by atoms with Crippen molar-refractivity contribution in [1.29, 1.82) is 0 Å². The van der Waals surface area contributed by atoms with Crippen LogP contribution in [0.15, 0.2) is 24.3 Å². The number of aliphatic hydroxyl groups is 1. The van der Waals surface area contributed by atoms with Gasteiger partial charge in [-0.2, -0.15) is 0 Å². The molecule has 1 aromatic carbocycles. The molecule has 1 aromatic rings. The molecule has 2 rings (SSSR count). The molecular weight excluding hydrogens is 272 g/mol. The lowest BCUT2D eigenvalue weighted by Gasteiger charge is -2.23. The van der Waals surface area contributed by atoms with E-state index < -0.39 is 0 Å². The Kier molecular flexibility index (Phi) is 6.30. The summed E-state index contributed by atoms with van der Waals surface area (Å²) in [6.45, 7) is 1.39. The van der Waals surface area contributed by atoms with Gasteiger partial charge < -0.3 is 25.2 Å². The molecule has 21 heavy (non-hydrogen) atoms. The second kappa shape index (κ2) is 8.49. The van der Waals surface area contributed by atoms with Crippen LogP contribution < -0.4 is 15.4 Å². The number of rotatable bonds is 6. The predicted octanol–water partition coefficient (Wildman–Crippen LogP) is 1.75. The Hall–Kier alpha value is -1.79. The number of benzene rings is 1. The summed E-state index contributed by atoms with van der Waals surface area (Å²) in [5, 5.41) is 13.9. The van der Waals surface area contributed by atoms with Crippen LogP contribution in [-0.2, 0) is 4.74 Å². The van der Waals surface area contributed by atoms with E-state index in [1.165, 1.54) is 0 Å². The topological polar surface area (TPSA) is 79.8 Å². The van der Waals surface area contributed by atoms with Gasteiger partial charge in [0.1, 0.15) is 12.4 Å². The van der Waals surface area contributed by atoms with Crippen LogP contribution in [0.4, 0.5) is 10.5 Å². The summed E-state index contributed by atoms with van der Waals surface area (Å²) in [4.78, 5) is 11.6. The number of nitrogens with one attached hydrogen (secondary N) is 2. The fourth-order valence-corrected chi connectivity index (χ4v) is 2.15. The molecule has 3 N–H and O–H groups in total. The van der Waals surface area contributed by atoms with Crippen LogP contribution in [0.2, 0.25) is 0 Å². The summed E-state index contributed by atoms with van der Waals surface area (Å²) in [5.41, 5.74) is 0.601. The zero-order chi connectivity index (χ0) is 14.9. The first-order valence-corrected chi connectivity index (χ1v) is 7.28. The van der Waals surface area contributed by atoms with Gasteiger partial charge in [-0.3, -0.25) is 0 Å². The van der Waals surface area contributed by atoms with E-state index in [0.717, 1.165) is 25.9 Å². The second-order valence-corrected chi connectivity index (χ2v) is 4.90. The Balaban J connectivity index is 1.88. The van der Waals surface area contributed by atoms with E-state index in [-0.39, 0.29) is 25.3 Å². The monoisotopic (exact) mass is 294 g/mol. The lowest BCUT2D eigenvalue weighted by Crippen LogP contribution is -2.31. The van der Waals surface area contributed by atoms with Crippen molar-refractivity contribution in [3.63, 3.8) is 0 Å². The van der Waals surface area contributed by atoms with E-state index >= 15 is 0 Å². The molecule has 1 unspecified atom stereocenters. The van der Waals surface area contributed by atoms with Crippen LogP contribution in [0.1, 0.15) is 19.3 Å². The Bertz CT molecular complexity index is 447. The SMILES string of the molecule is O=C(NCCO)Nc1ccccc1OCC1CCCCO1. The van der Waals surface area contributed by atoms with Gasteiger partial charge in [-0.25, -0.2) is 4.79 Å². The minimum absolute atomic E-state index is 0.0927. The third-order valence-corrected chi connectivity index (χ3v) is 3.23. The average molecular weight is 294 g/mol. The summed E-state index contributed by atoms with van der Waals surface area (Å²) in [6.07, 6.45) is 3.40. The van der Waals surface area contributed by atoms with Gasteiger partial charge in [-0.15, -0.1) is 0 Å². The molecule has 0 saturated carbocycles. The Morgan fingerprint density at radius 3 is 3.00 bits per heavy atom. The molecule has 0 aliphatic carbocycles. The normalized spacial score (nSPS) is 18.0. The molecule has 6 heteroatoms. The first-order chi connectivity index (χ1) is 10.3. The van der Waals surface area contributed by atoms with Gasteiger partial charge in [0.05, 0.1) is 18.4 Å². The summed E-state index contributed by atoms with van der Waals surface area (Å²) in [7, 11) is 0. The van der Waals surface area contributed by atoms with E-state index in [0.29, 0.717) is 18.0 Å². The van der Waals surface area contributed by atoms with Gasteiger partial charge >= 0.3 is 6.03 Å². The number of carbonyl (C=O) groups is 1. The molecule has 1 saturated heterocycles. The summed E-state index contributed by atoms with van der Waals surface area (Å²) >= 11 is 0. The van der Waals surface area contributed by atoms with E-state index in [1.807, 2.05) is 18.2 Å². The molecule has 2 amide bonds. The maximum absolute atomic E-state index is 11.6. The zero-order valence-electron chi connectivity index (χ0n) is 12.0. The van der Waals surface area contributed by atoms with E-state index in [9.17, 15) is 4.79 Å². The Morgan fingerprint density at radius 2 is 2.24 bits per heavy atom. The minimum Gasteiger partial charge on any atom is -0.489 e. The molecular formula is C15H22N2O4. The van der Waals surface area contributed by atoms with Crippen molar-refractivity contribution < 1.29 is 19.4 Å². The van der Waals surface area contributed by atoms with Gasteiger partial charge in [-0.05, 0) is 31.4 Å². The molecule has 1 atom stereocenters. The van der Waals surface area contributed by atoms with Gasteiger partial charge in [-0.1, -0.05) is 12.1 Å². The number of urea groups is 1. The largest absolute Gasteiger partial charge is 0.489 e. The van der Waals surface area contributed by atoms with Crippen molar-refractivity contribution in [3.05, 3.63) is 24.3 Å². The maximum Gasteiger partial charge on any atom is 0.319 e. The molecule has 1 aliphatic rings. The van der Waals surface area contributed by atoms with Crippen molar-refractivity contribution in [2.24, 2.45) is 0 Å². The zero-order valence-corrected chi connectivity index (χ0v) is 12.0. The van der Waals surface area contributed by atoms with Crippen molar-refractivity contribution in [3.8, 4) is 5.75 Å². The first kappa shape index (κ1) is 15.6. The summed E-state index contributed by atoms with van der Waals surface area (Å²) < 4.78 is 11.4. The van der Waals surface area contributed by atoms with Gasteiger partial charge in [0.25, 0.3) is 0 Å². The van der Waals surface area contributed by atoms with E-state index in [4.69, 9.17) is 14.6 Å². The highest BCUT2D eigenvalue weighted by atomic mass is 16.5. The first-order valence-electron chi connectivity index (χ1n) is 7.28. The van der Waals surface area contributed by atoms with Crippen LogP contribution in [0, 0.1) is 0 Å². The molecule has 1 heterocycles. The van der Waals surface area contributed by atoms with Crippen LogP contribution in [0.25, 0.3) is 0 Å². The highest BCUT2D eigenvalue weighted by molar-refractivity contribution is 5.90. The highest BCUT2D eigenvalue weighted by Crippen LogP contribution is 2.24. The third-order valence-electron chi connectivity index (χ3n) is 3.23. The fourth-order valence-electron chi connectivity index (χ4n) is 2.15. The molecule has 1 aliphatic heterocycles. The number of hydrogen-bond acceptors (Lipinski definition) is 4. The van der Waals surface area contributed by atoms with E-state index in [2.05, 4.69) is 10.6 Å². The molecule has 0 bridgehead atoms. The van der Waals surface area contributed by atoms with Gasteiger partial charge in [0.2, 0.25) is 0 Å². The standard InChI is InChI=1S/C15H22N2O4/c18-9-8-16-15(19)17-13-6-1-2-7-14(13)21-11-12-5-3-4-10-20-12/h1-2,6-7,12,18H,3-5,8-11H2,(H2,16,17,19). The number of para-hydroxylation sites is 2. The predicted molar refractivity (Wildman–Crippen MR) is 79.6 cm³/mol. The maximum atomic E-state index is 11.6. The van der Waals surface area contributed by atoms with Crippen molar-refractivity contribution in [2.75, 3.05) is 31.7 Å². The Labute approximate surface area is 124 Å². The van der Waals surface area contributed by atoms with Crippen LogP contribution in [-0.4, -0.2) is 43.6 Å². The molecule has 0 spiro atoms. The summed E-state index contributed by atoms with van der Waals surface area (Å²) in [5.74, 6) is 0.617. The highest BCUT2D eigenvalue weighted by Gasteiger charge is 2.15. The molecule has 0 radical (unpaired) electrons. The number of hydrogen-bond donors (Lipinski definition) is 3. The Morgan fingerprint density at radius 1 is 1.38 bits per heavy atom. The van der Waals surface area contributed by atoms with Crippen molar-refractivity contribution in [1.82, 2.24) is 5.32 Å². The number of anilines is 1. The second-order valence-electron chi connectivity index (χ2n) is 4.90. The van der Waals surface area contributed by atoms with Crippen molar-refractivity contribution >= 4 is 11.7 Å².